The lowest BCUT2D eigenvalue weighted by Gasteiger charge is -2.44. The minimum absolute atomic E-state index is 0.00340. The van der Waals surface area contributed by atoms with E-state index in [9.17, 15) is 24.0 Å². The number of nitrogens with zero attached hydrogens (tertiary/aromatic N) is 3. The fraction of sp³-hybridized carbons (Fsp3) is 0.444. The Hall–Kier alpha value is -5.53. The van der Waals surface area contributed by atoms with Crippen molar-refractivity contribution in [1.29, 1.82) is 0 Å². The molecule has 4 aromatic rings. The van der Waals surface area contributed by atoms with Gasteiger partial charge in [0.15, 0.2) is 29.9 Å². The van der Waals surface area contributed by atoms with Crippen LogP contribution in [0.3, 0.4) is 0 Å². The Kier molecular flexibility index (Phi) is 10.8. The second-order valence-corrected chi connectivity index (χ2v) is 16.7. The molecule has 17 heteroatoms. The summed E-state index contributed by atoms with van der Waals surface area (Å²) in [4.78, 5) is 70.9. The number of imide groups is 1. The fourth-order valence-electron chi connectivity index (χ4n) is 8.96. The second kappa shape index (κ2) is 16.0. The lowest BCUT2D eigenvalue weighted by atomic mass is 9.91. The largest absolute Gasteiger partial charge is 0.497 e. The highest BCUT2D eigenvalue weighted by Gasteiger charge is 2.62. The van der Waals surface area contributed by atoms with Crippen LogP contribution in [-0.4, -0.2) is 106 Å². The van der Waals surface area contributed by atoms with Gasteiger partial charge in [-0.1, -0.05) is 36.4 Å². The number of Topliss-reactive ketones (excluding diaryl/α,β-unsaturated/α-hetero) is 1. The number of ether oxygens (including phenoxy) is 9. The molecule has 4 fully saturated rings. The summed E-state index contributed by atoms with van der Waals surface area (Å²) in [7, 11) is 3.10. The van der Waals surface area contributed by atoms with Gasteiger partial charge in [0.2, 0.25) is 0 Å². The Morgan fingerprint density at radius 1 is 0.677 bits per heavy atom. The van der Waals surface area contributed by atoms with Crippen molar-refractivity contribution in [3.05, 3.63) is 128 Å². The number of methoxy groups -OCH3 is 2. The number of benzene rings is 3. The van der Waals surface area contributed by atoms with Gasteiger partial charge in [0.25, 0.3) is 17.4 Å². The molecule has 62 heavy (non-hydrogen) atoms. The van der Waals surface area contributed by atoms with Crippen LogP contribution in [0.1, 0.15) is 72.2 Å². The van der Waals surface area contributed by atoms with Gasteiger partial charge in [0, 0.05) is 18.7 Å². The second-order valence-electron chi connectivity index (χ2n) is 16.7. The number of hydrogen-bond acceptors (Lipinski definition) is 14. The Labute approximate surface area is 355 Å². The maximum Gasteiger partial charge on any atom is 0.333 e. The van der Waals surface area contributed by atoms with Crippen molar-refractivity contribution < 1.29 is 57.0 Å². The smallest absolute Gasteiger partial charge is 0.333 e. The zero-order valence-corrected chi connectivity index (χ0v) is 35.0. The average Bonchev–Trinajstić information content (AvgIpc) is 3.95. The predicted molar refractivity (Wildman–Crippen MR) is 215 cm³/mol. The minimum atomic E-state index is -1.28. The van der Waals surface area contributed by atoms with Crippen LogP contribution in [0, 0.1) is 0 Å². The highest BCUT2D eigenvalue weighted by atomic mass is 16.8. The zero-order valence-electron chi connectivity index (χ0n) is 35.0. The average molecular weight is 854 g/mol. The van der Waals surface area contributed by atoms with Gasteiger partial charge >= 0.3 is 5.69 Å². The molecule has 9 atom stereocenters. The van der Waals surface area contributed by atoms with Crippen LogP contribution >= 0.6 is 0 Å². The van der Waals surface area contributed by atoms with Gasteiger partial charge in [-0.3, -0.25) is 33.2 Å². The third-order valence-electron chi connectivity index (χ3n) is 11.8. The summed E-state index contributed by atoms with van der Waals surface area (Å²) < 4.78 is 57.8. The number of amides is 2. The molecule has 0 bridgehead atoms. The van der Waals surface area contributed by atoms with E-state index in [0.29, 0.717) is 17.1 Å². The summed E-state index contributed by atoms with van der Waals surface area (Å²) in [6, 6.07) is 20.8. The van der Waals surface area contributed by atoms with E-state index in [1.165, 1.54) is 16.8 Å². The maximum absolute atomic E-state index is 14.7. The first-order chi connectivity index (χ1) is 29.6. The first-order valence-electron chi connectivity index (χ1n) is 20.4. The van der Waals surface area contributed by atoms with Crippen LogP contribution in [0.2, 0.25) is 0 Å². The van der Waals surface area contributed by atoms with Crippen LogP contribution in [0.25, 0.3) is 0 Å². The molecule has 2 amide bonds. The minimum Gasteiger partial charge on any atom is -0.497 e. The molecule has 0 saturated carbocycles. The summed E-state index contributed by atoms with van der Waals surface area (Å²) in [6.07, 6.45) is -7.55. The van der Waals surface area contributed by atoms with Crippen molar-refractivity contribution in [2.75, 3.05) is 14.2 Å². The zero-order chi connectivity index (χ0) is 43.7. The van der Waals surface area contributed by atoms with Crippen LogP contribution < -0.4 is 20.7 Å². The van der Waals surface area contributed by atoms with E-state index in [1.807, 2.05) is 12.1 Å². The molecule has 6 heterocycles. The van der Waals surface area contributed by atoms with Crippen LogP contribution in [-0.2, 0) is 51.1 Å². The van der Waals surface area contributed by atoms with Gasteiger partial charge in [-0.25, -0.2) is 4.79 Å². The molecular weight excluding hydrogens is 807 g/mol. The molecule has 4 saturated heterocycles. The molecule has 5 aliphatic rings. The molecule has 3 aromatic carbocycles. The Balaban J connectivity index is 1.01. The first-order valence-corrected chi connectivity index (χ1v) is 20.4. The van der Waals surface area contributed by atoms with Gasteiger partial charge in [-0.05, 0) is 75.2 Å². The lowest BCUT2D eigenvalue weighted by molar-refractivity contribution is -0.259. The number of carbonyl (C=O) groups excluding carboxylic acids is 3. The van der Waals surface area contributed by atoms with Gasteiger partial charge in [0.1, 0.15) is 48.1 Å². The topological polar surface area (TPSA) is 182 Å². The maximum atomic E-state index is 14.7. The molecule has 1 unspecified atom stereocenters. The van der Waals surface area contributed by atoms with Crippen molar-refractivity contribution >= 4 is 17.6 Å². The number of aromatic nitrogens is 2. The van der Waals surface area contributed by atoms with E-state index in [1.54, 1.807) is 103 Å². The monoisotopic (exact) mass is 853 g/mol. The van der Waals surface area contributed by atoms with Crippen molar-refractivity contribution in [3.8, 4) is 11.5 Å². The summed E-state index contributed by atoms with van der Waals surface area (Å²) >= 11 is 0. The summed E-state index contributed by atoms with van der Waals surface area (Å²) in [6.45, 7) is 6.76. The van der Waals surface area contributed by atoms with Gasteiger partial charge in [0.05, 0.1) is 44.6 Å². The quantitative estimate of drug-likeness (QED) is 0.189. The van der Waals surface area contributed by atoms with E-state index in [-0.39, 0.29) is 30.7 Å². The summed E-state index contributed by atoms with van der Waals surface area (Å²) in [5, 5.41) is 0. The molecule has 0 N–H and O–H groups in total. The third-order valence-corrected chi connectivity index (χ3v) is 11.8. The highest BCUT2D eigenvalue weighted by molar-refractivity contribution is 6.21. The highest BCUT2D eigenvalue weighted by Crippen LogP contribution is 2.46. The number of carbonyl (C=O) groups is 3. The molecule has 0 radical (unpaired) electrons. The van der Waals surface area contributed by atoms with Crippen LogP contribution in [0.5, 0.6) is 11.5 Å². The van der Waals surface area contributed by atoms with Crippen LogP contribution in [0.4, 0.5) is 0 Å². The number of hydrogen-bond donors (Lipinski definition) is 0. The van der Waals surface area contributed by atoms with E-state index in [4.69, 9.17) is 42.6 Å². The first kappa shape index (κ1) is 41.8. The predicted octanol–water partition coefficient (Wildman–Crippen LogP) is 3.58. The van der Waals surface area contributed by atoms with Crippen molar-refractivity contribution in [2.24, 2.45) is 0 Å². The van der Waals surface area contributed by atoms with Crippen molar-refractivity contribution in [1.82, 2.24) is 14.0 Å². The Morgan fingerprint density at radius 2 is 1.24 bits per heavy atom. The van der Waals surface area contributed by atoms with Crippen molar-refractivity contribution in [3.63, 3.8) is 0 Å². The lowest BCUT2D eigenvalue weighted by Crippen LogP contribution is -2.64. The van der Waals surface area contributed by atoms with Gasteiger partial charge < -0.3 is 42.6 Å². The number of fused-ring (bicyclic) bond motifs is 3. The van der Waals surface area contributed by atoms with Crippen molar-refractivity contribution in [2.45, 2.75) is 114 Å². The third kappa shape index (κ3) is 7.57. The Bertz CT molecular complexity index is 2460. The summed E-state index contributed by atoms with van der Waals surface area (Å²) in [5.41, 5.74) is 0.702. The Morgan fingerprint density at radius 3 is 1.85 bits per heavy atom. The van der Waals surface area contributed by atoms with E-state index in [2.05, 4.69) is 0 Å². The van der Waals surface area contributed by atoms with E-state index >= 15 is 0 Å². The fourth-order valence-corrected chi connectivity index (χ4v) is 8.96. The molecule has 9 rings (SSSR count). The normalized spacial score (nSPS) is 29.3. The molecule has 1 aromatic heterocycles. The summed E-state index contributed by atoms with van der Waals surface area (Å²) in [5.74, 6) is -2.65. The molecular formula is C45H47N3O14. The van der Waals surface area contributed by atoms with E-state index in [0.717, 1.165) is 15.0 Å². The van der Waals surface area contributed by atoms with E-state index < -0.39 is 95.6 Å². The van der Waals surface area contributed by atoms with Crippen LogP contribution in [0.15, 0.2) is 94.6 Å². The molecule has 326 valence electrons. The number of rotatable bonds is 12. The van der Waals surface area contributed by atoms with Gasteiger partial charge in [-0.2, -0.15) is 0 Å². The molecule has 0 spiro atoms. The number of ketones is 1. The molecule has 0 aliphatic carbocycles. The SMILES string of the molecule is COc1ccc(COC2O[C@H](CC(=O)[C@H]3O[C@@H](n4ccc(=O)n(Cc5ccc(OC)cc5)c4=O)[C@@H]4OC(C)(C)O[C@@H]43)[C@@H]3OC(C)(C)O[C@@H]3[C@H]2N2C(=O)c3ccccc3C2=O)cc1. The molecule has 5 aliphatic heterocycles. The van der Waals surface area contributed by atoms with Gasteiger partial charge in [-0.15, -0.1) is 0 Å². The standard InChI is InChI=1S/C45H47N3O14/c1-44(2)59-35-31(57-42(56-23-25-13-17-27(55-6)18-14-25)33(36(35)60-44)48-39(51)28-9-7-8-10-29(28)40(48)52)21-30(49)34-37-38(62-45(3,4)61-37)41(58-34)46-20-19-32(50)47(43(46)53)22-24-11-15-26(54-5)16-12-24/h7-20,31,33-38,41-42H,21-23H2,1-6H3/t31-,33-,34-,35+,36-,37-,38-,41-,42?/m1/s1. The molecule has 17 nitrogen and oxygen atoms in total.